The van der Waals surface area contributed by atoms with Crippen molar-refractivity contribution >= 4 is 11.6 Å². The predicted octanol–water partition coefficient (Wildman–Crippen LogP) is 2.07. The van der Waals surface area contributed by atoms with Gasteiger partial charge in [0.1, 0.15) is 0 Å². The van der Waals surface area contributed by atoms with Crippen LogP contribution in [0.2, 0.25) is 0 Å². The molecule has 0 aromatic heterocycles. The molecule has 1 amide bonds. The van der Waals surface area contributed by atoms with Gasteiger partial charge in [0.15, 0.2) is 11.5 Å². The molecule has 1 heterocycles. The Balaban J connectivity index is 2.38. The van der Waals surface area contributed by atoms with E-state index in [1.54, 1.807) is 6.07 Å². The molecule has 0 spiro atoms. The second kappa shape index (κ2) is 3.46. The molecule has 0 radical (unpaired) electrons. The van der Waals surface area contributed by atoms with Gasteiger partial charge in [-0.25, -0.2) is 0 Å². The molecule has 0 saturated carbocycles. The number of benzene rings is 1. The lowest BCUT2D eigenvalue weighted by Gasteiger charge is -2.08. The molecular weight excluding hydrogens is 194 g/mol. The van der Waals surface area contributed by atoms with Gasteiger partial charge in [0.2, 0.25) is 12.2 Å². The summed E-state index contributed by atoms with van der Waals surface area (Å²) in [6.07, 6.45) is -0.258. The highest BCUT2D eigenvalue weighted by molar-refractivity contribution is 5.90. The Morgan fingerprint density at radius 2 is 2.13 bits per heavy atom. The largest absolute Gasteiger partial charge is 0.451 e. The maximum atomic E-state index is 10.9. The quantitative estimate of drug-likeness (QED) is 0.766. The fraction of sp³-hybridized carbons (Fsp3) is 0.364. The summed E-state index contributed by atoms with van der Waals surface area (Å²) in [5.74, 6) is 1.35. The Labute approximate surface area is 88.2 Å². The third-order valence-electron chi connectivity index (χ3n) is 2.26. The van der Waals surface area contributed by atoms with Crippen LogP contribution in [-0.2, 0) is 4.79 Å². The van der Waals surface area contributed by atoms with Gasteiger partial charge in [-0.2, -0.15) is 0 Å². The van der Waals surface area contributed by atoms with Gasteiger partial charge in [0, 0.05) is 25.1 Å². The Hall–Kier alpha value is -1.71. The highest BCUT2D eigenvalue weighted by atomic mass is 16.7. The molecular formula is C11H13NO3. The normalized spacial score (nSPS) is 17.7. The molecule has 80 valence electrons. The van der Waals surface area contributed by atoms with Gasteiger partial charge in [0.05, 0.1) is 0 Å². The molecule has 1 aromatic carbocycles. The van der Waals surface area contributed by atoms with E-state index in [-0.39, 0.29) is 12.2 Å². The molecule has 4 heteroatoms. The van der Waals surface area contributed by atoms with Crippen LogP contribution in [0.4, 0.5) is 5.69 Å². The van der Waals surface area contributed by atoms with Crippen molar-refractivity contribution in [1.29, 1.82) is 0 Å². The SMILES string of the molecule is CC(=O)Nc1ccc2c(c1C)OC(C)O2. The van der Waals surface area contributed by atoms with Crippen LogP contribution in [-0.4, -0.2) is 12.2 Å². The monoisotopic (exact) mass is 207 g/mol. The van der Waals surface area contributed by atoms with E-state index in [2.05, 4.69) is 5.32 Å². The number of carbonyl (C=O) groups excluding carboxylic acids is 1. The fourth-order valence-electron chi connectivity index (χ4n) is 1.60. The minimum atomic E-state index is -0.258. The average molecular weight is 207 g/mol. The summed E-state index contributed by atoms with van der Waals surface area (Å²) in [7, 11) is 0. The van der Waals surface area contributed by atoms with Gasteiger partial charge in [-0.3, -0.25) is 4.79 Å². The van der Waals surface area contributed by atoms with Crippen molar-refractivity contribution in [1.82, 2.24) is 0 Å². The summed E-state index contributed by atoms with van der Waals surface area (Å²) >= 11 is 0. The Kier molecular flexibility index (Phi) is 2.26. The average Bonchev–Trinajstić information content (AvgIpc) is 2.51. The first-order valence-electron chi connectivity index (χ1n) is 4.82. The van der Waals surface area contributed by atoms with E-state index < -0.39 is 0 Å². The first-order valence-corrected chi connectivity index (χ1v) is 4.82. The van der Waals surface area contributed by atoms with E-state index in [1.165, 1.54) is 6.92 Å². The summed E-state index contributed by atoms with van der Waals surface area (Å²) in [5, 5.41) is 2.74. The summed E-state index contributed by atoms with van der Waals surface area (Å²) in [4.78, 5) is 10.9. The second-order valence-electron chi connectivity index (χ2n) is 3.55. The van der Waals surface area contributed by atoms with Gasteiger partial charge in [0.25, 0.3) is 0 Å². The molecule has 1 aliphatic heterocycles. The standard InChI is InChI=1S/C11H13NO3/c1-6-9(12-7(2)13)4-5-10-11(6)15-8(3)14-10/h4-5,8H,1-3H3,(H,12,13). The van der Waals surface area contributed by atoms with Crippen molar-refractivity contribution in [2.75, 3.05) is 5.32 Å². The third kappa shape index (κ3) is 1.75. The molecule has 2 rings (SSSR count). The lowest BCUT2D eigenvalue weighted by Crippen LogP contribution is -2.11. The highest BCUT2D eigenvalue weighted by Gasteiger charge is 2.23. The summed E-state index contributed by atoms with van der Waals surface area (Å²) in [5.41, 5.74) is 1.66. The van der Waals surface area contributed by atoms with Crippen LogP contribution in [0, 0.1) is 6.92 Å². The van der Waals surface area contributed by atoms with Gasteiger partial charge >= 0.3 is 0 Å². The number of anilines is 1. The number of hydrogen-bond donors (Lipinski definition) is 1. The molecule has 0 fully saturated rings. The summed E-state index contributed by atoms with van der Waals surface area (Å²) in [6, 6.07) is 3.62. The number of fused-ring (bicyclic) bond motifs is 1. The molecule has 1 aliphatic rings. The van der Waals surface area contributed by atoms with Crippen LogP contribution in [0.15, 0.2) is 12.1 Å². The van der Waals surface area contributed by atoms with Crippen molar-refractivity contribution in [2.24, 2.45) is 0 Å². The van der Waals surface area contributed by atoms with Gasteiger partial charge in [-0.1, -0.05) is 0 Å². The molecule has 0 bridgehead atoms. The Morgan fingerprint density at radius 3 is 2.80 bits per heavy atom. The summed E-state index contributed by atoms with van der Waals surface area (Å²) < 4.78 is 10.9. The molecule has 0 saturated heterocycles. The molecule has 0 aliphatic carbocycles. The molecule has 4 nitrogen and oxygen atoms in total. The van der Waals surface area contributed by atoms with E-state index in [9.17, 15) is 4.79 Å². The van der Waals surface area contributed by atoms with Crippen LogP contribution in [0.5, 0.6) is 11.5 Å². The first kappa shape index (κ1) is 9.83. The number of ether oxygens (including phenoxy) is 2. The zero-order valence-corrected chi connectivity index (χ0v) is 8.96. The first-order chi connectivity index (χ1) is 7.08. The molecule has 1 aromatic rings. The van der Waals surface area contributed by atoms with Crippen LogP contribution in [0.3, 0.4) is 0 Å². The van der Waals surface area contributed by atoms with E-state index in [0.29, 0.717) is 5.75 Å². The minimum Gasteiger partial charge on any atom is -0.451 e. The third-order valence-corrected chi connectivity index (χ3v) is 2.26. The lowest BCUT2D eigenvalue weighted by atomic mass is 10.1. The van der Waals surface area contributed by atoms with Crippen molar-refractivity contribution < 1.29 is 14.3 Å². The fourth-order valence-corrected chi connectivity index (χ4v) is 1.60. The lowest BCUT2D eigenvalue weighted by molar-refractivity contribution is -0.114. The molecule has 1 N–H and O–H groups in total. The van der Waals surface area contributed by atoms with Crippen LogP contribution >= 0.6 is 0 Å². The van der Waals surface area contributed by atoms with Crippen molar-refractivity contribution in [3.63, 3.8) is 0 Å². The van der Waals surface area contributed by atoms with E-state index in [0.717, 1.165) is 17.0 Å². The minimum absolute atomic E-state index is 0.0926. The van der Waals surface area contributed by atoms with Crippen LogP contribution in [0.25, 0.3) is 0 Å². The number of nitrogens with one attached hydrogen (secondary N) is 1. The molecule has 1 atom stereocenters. The number of amides is 1. The summed E-state index contributed by atoms with van der Waals surface area (Å²) in [6.45, 7) is 5.20. The zero-order valence-electron chi connectivity index (χ0n) is 8.96. The van der Waals surface area contributed by atoms with Crippen LogP contribution in [0.1, 0.15) is 19.4 Å². The molecule has 15 heavy (non-hydrogen) atoms. The van der Waals surface area contributed by atoms with Crippen LogP contribution < -0.4 is 14.8 Å². The number of rotatable bonds is 1. The Morgan fingerprint density at radius 1 is 1.40 bits per heavy atom. The maximum Gasteiger partial charge on any atom is 0.238 e. The maximum absolute atomic E-state index is 10.9. The Bertz CT molecular complexity index is 415. The van der Waals surface area contributed by atoms with Gasteiger partial charge < -0.3 is 14.8 Å². The topological polar surface area (TPSA) is 47.6 Å². The molecule has 1 unspecified atom stereocenters. The highest BCUT2D eigenvalue weighted by Crippen LogP contribution is 2.40. The predicted molar refractivity (Wildman–Crippen MR) is 56.2 cm³/mol. The zero-order chi connectivity index (χ0) is 11.0. The van der Waals surface area contributed by atoms with E-state index in [1.807, 2.05) is 19.9 Å². The van der Waals surface area contributed by atoms with Crippen molar-refractivity contribution in [3.8, 4) is 11.5 Å². The van der Waals surface area contributed by atoms with Gasteiger partial charge in [-0.15, -0.1) is 0 Å². The van der Waals surface area contributed by atoms with Crippen molar-refractivity contribution in [3.05, 3.63) is 17.7 Å². The van der Waals surface area contributed by atoms with E-state index >= 15 is 0 Å². The van der Waals surface area contributed by atoms with Crippen molar-refractivity contribution in [2.45, 2.75) is 27.1 Å². The smallest absolute Gasteiger partial charge is 0.238 e. The number of hydrogen-bond acceptors (Lipinski definition) is 3. The number of carbonyl (C=O) groups is 1. The van der Waals surface area contributed by atoms with Gasteiger partial charge in [-0.05, 0) is 19.1 Å². The van der Waals surface area contributed by atoms with E-state index in [4.69, 9.17) is 9.47 Å². The second-order valence-corrected chi connectivity index (χ2v) is 3.55.